The van der Waals surface area contributed by atoms with Crippen molar-refractivity contribution in [1.29, 1.82) is 0 Å². The van der Waals surface area contributed by atoms with E-state index in [0.717, 1.165) is 30.8 Å². The van der Waals surface area contributed by atoms with Crippen LogP contribution in [0.3, 0.4) is 0 Å². The number of thiophene rings is 1. The Hall–Kier alpha value is -3.18. The number of likely N-dealkylation sites (tertiary alicyclic amines) is 1. The highest BCUT2D eigenvalue weighted by Crippen LogP contribution is 2.30. The lowest BCUT2D eigenvalue weighted by molar-refractivity contribution is -0.137. The average Bonchev–Trinajstić information content (AvgIpc) is 3.41. The highest BCUT2D eigenvalue weighted by Gasteiger charge is 2.33. The zero-order valence-electron chi connectivity index (χ0n) is 17.3. The average molecular weight is 429 g/mol. The number of para-hydroxylation sites is 1. The Morgan fingerprint density at radius 2 is 1.74 bits per heavy atom. The van der Waals surface area contributed by atoms with Crippen LogP contribution in [0.5, 0.6) is 0 Å². The molecule has 31 heavy (non-hydrogen) atoms. The van der Waals surface area contributed by atoms with E-state index in [2.05, 4.69) is 35.2 Å². The molecule has 1 saturated heterocycles. The summed E-state index contributed by atoms with van der Waals surface area (Å²) in [6.07, 6.45) is 3.82. The van der Waals surface area contributed by atoms with Gasteiger partial charge in [-0.15, -0.1) is 11.3 Å². The van der Waals surface area contributed by atoms with E-state index in [1.807, 2.05) is 41.8 Å². The fourth-order valence-corrected chi connectivity index (χ4v) is 5.12. The number of carbonyl (C=O) groups excluding carboxylic acids is 2. The molecule has 3 aromatic rings. The quantitative estimate of drug-likeness (QED) is 0.437. The largest absolute Gasteiger partial charge is 0.366 e. The number of carbonyl (C=O) groups is 2. The number of hydrogen-bond donors (Lipinski definition) is 0. The maximum Gasteiger partial charge on any atom is 0.256 e. The van der Waals surface area contributed by atoms with Crippen LogP contribution >= 0.6 is 11.3 Å². The minimum absolute atomic E-state index is 0.0998. The Balaban J connectivity index is 1.37. The molecule has 3 heterocycles. The molecule has 0 spiro atoms. The maximum absolute atomic E-state index is 13.0. The van der Waals surface area contributed by atoms with Gasteiger partial charge in [0.15, 0.2) is 0 Å². The highest BCUT2D eigenvalue weighted by atomic mass is 32.1. The summed E-state index contributed by atoms with van der Waals surface area (Å²) in [7, 11) is 0. The minimum Gasteiger partial charge on any atom is -0.366 e. The van der Waals surface area contributed by atoms with Gasteiger partial charge in [-0.1, -0.05) is 48.5 Å². The zero-order valence-corrected chi connectivity index (χ0v) is 18.1. The van der Waals surface area contributed by atoms with Crippen molar-refractivity contribution in [1.82, 2.24) is 4.90 Å². The third-order valence-corrected chi connectivity index (χ3v) is 7.00. The van der Waals surface area contributed by atoms with E-state index in [4.69, 9.17) is 0 Å². The summed E-state index contributed by atoms with van der Waals surface area (Å²) in [6, 6.07) is 20.8. The summed E-state index contributed by atoms with van der Waals surface area (Å²) >= 11 is 1.66. The molecule has 0 radical (unpaired) electrons. The van der Waals surface area contributed by atoms with Crippen LogP contribution in [-0.2, 0) is 29.0 Å². The number of fused-ring (bicyclic) bond motifs is 1. The summed E-state index contributed by atoms with van der Waals surface area (Å²) in [6.45, 7) is 2.24. The minimum atomic E-state index is -0.152. The van der Waals surface area contributed by atoms with Gasteiger partial charge >= 0.3 is 0 Å². The van der Waals surface area contributed by atoms with Crippen molar-refractivity contribution in [2.75, 3.05) is 18.0 Å². The zero-order chi connectivity index (χ0) is 21.2. The second-order valence-electron chi connectivity index (χ2n) is 8.03. The Morgan fingerprint density at radius 1 is 0.935 bits per heavy atom. The number of nitrogens with zero attached hydrogens (tertiary/aromatic N) is 2. The highest BCUT2D eigenvalue weighted by molar-refractivity contribution is 7.09. The third-order valence-electron chi connectivity index (χ3n) is 6.06. The lowest BCUT2D eigenvalue weighted by Gasteiger charge is -2.32. The summed E-state index contributed by atoms with van der Waals surface area (Å²) in [4.78, 5) is 30.4. The topological polar surface area (TPSA) is 40.6 Å². The van der Waals surface area contributed by atoms with Gasteiger partial charge < -0.3 is 4.90 Å². The number of amides is 2. The van der Waals surface area contributed by atoms with Crippen LogP contribution in [0.2, 0.25) is 0 Å². The van der Waals surface area contributed by atoms with Crippen molar-refractivity contribution in [2.24, 2.45) is 0 Å². The molecule has 0 N–H and O–H groups in total. The first kappa shape index (κ1) is 19.8. The number of benzene rings is 2. The number of rotatable bonds is 5. The molecule has 2 aromatic carbocycles. The normalized spacial score (nSPS) is 17.5. The monoisotopic (exact) mass is 428 g/mol. The molecule has 1 fully saturated rings. The first-order chi connectivity index (χ1) is 15.2. The van der Waals surface area contributed by atoms with Crippen LogP contribution in [0, 0.1) is 0 Å². The van der Waals surface area contributed by atoms with E-state index in [1.54, 1.807) is 11.3 Å². The molecular formula is C26H24N2O2S. The van der Waals surface area contributed by atoms with Crippen LogP contribution in [0.15, 0.2) is 71.6 Å². The van der Waals surface area contributed by atoms with Gasteiger partial charge in [0.2, 0.25) is 5.91 Å². The first-order valence-electron chi connectivity index (χ1n) is 10.7. The molecule has 5 rings (SSSR count). The van der Waals surface area contributed by atoms with Gasteiger partial charge in [0.1, 0.15) is 0 Å². The van der Waals surface area contributed by atoms with Crippen LogP contribution in [-0.4, -0.2) is 29.8 Å². The molecule has 0 saturated carbocycles. The van der Waals surface area contributed by atoms with E-state index < -0.39 is 0 Å². The van der Waals surface area contributed by atoms with E-state index >= 15 is 0 Å². The molecule has 1 aromatic heterocycles. The third kappa shape index (κ3) is 4.06. The van der Waals surface area contributed by atoms with Crippen LogP contribution < -0.4 is 4.90 Å². The molecule has 0 unspecified atom stereocenters. The van der Waals surface area contributed by atoms with Crippen molar-refractivity contribution >= 4 is 34.9 Å². The molecule has 2 aliphatic heterocycles. The first-order valence-corrected chi connectivity index (χ1v) is 11.6. The standard InChI is InChI=1S/C26H24N2O2S/c29-25-17-22(26(30)28(25)14-12-23-9-5-15-31-23)16-20-7-3-4-10-24(20)27-13-11-19-6-1-2-8-21(19)18-27/h1-10,15-16H,11-14,17-18H2/b22-16+. The van der Waals surface area contributed by atoms with Gasteiger partial charge in [0.05, 0.1) is 6.42 Å². The fourth-order valence-electron chi connectivity index (χ4n) is 4.42. The van der Waals surface area contributed by atoms with Crippen molar-refractivity contribution in [3.05, 3.63) is 93.2 Å². The van der Waals surface area contributed by atoms with Gasteiger partial charge in [-0.2, -0.15) is 0 Å². The van der Waals surface area contributed by atoms with Gasteiger partial charge in [-0.3, -0.25) is 14.5 Å². The van der Waals surface area contributed by atoms with E-state index in [9.17, 15) is 9.59 Å². The SMILES string of the molecule is O=C1C/C(=C\c2ccccc2N2CCc3ccccc3C2)C(=O)N1CCc1cccs1. The maximum atomic E-state index is 13.0. The molecule has 0 aliphatic carbocycles. The Bertz CT molecular complexity index is 1150. The van der Waals surface area contributed by atoms with E-state index in [-0.39, 0.29) is 18.2 Å². The molecule has 5 heteroatoms. The summed E-state index contributed by atoms with van der Waals surface area (Å²) < 4.78 is 0. The lowest BCUT2D eigenvalue weighted by atomic mass is 9.98. The molecule has 156 valence electrons. The summed E-state index contributed by atoms with van der Waals surface area (Å²) in [5, 5.41) is 2.02. The van der Waals surface area contributed by atoms with Gasteiger partial charge in [0.25, 0.3) is 5.91 Å². The smallest absolute Gasteiger partial charge is 0.256 e. The van der Waals surface area contributed by atoms with Gasteiger partial charge in [-0.05, 0) is 53.1 Å². The van der Waals surface area contributed by atoms with Crippen LogP contribution in [0.1, 0.15) is 28.0 Å². The lowest BCUT2D eigenvalue weighted by Crippen LogP contribution is -2.31. The van der Waals surface area contributed by atoms with Crippen molar-refractivity contribution < 1.29 is 9.59 Å². The van der Waals surface area contributed by atoms with Crippen molar-refractivity contribution in [2.45, 2.75) is 25.8 Å². The molecule has 2 aliphatic rings. The number of anilines is 1. The second-order valence-corrected chi connectivity index (χ2v) is 9.06. The van der Waals surface area contributed by atoms with Crippen LogP contribution in [0.4, 0.5) is 5.69 Å². The molecule has 0 bridgehead atoms. The molecule has 2 amide bonds. The predicted octanol–water partition coefficient (Wildman–Crippen LogP) is 4.70. The molecular weight excluding hydrogens is 404 g/mol. The van der Waals surface area contributed by atoms with Gasteiger partial charge in [0, 0.05) is 35.8 Å². The van der Waals surface area contributed by atoms with E-state index in [1.165, 1.54) is 20.9 Å². The Morgan fingerprint density at radius 3 is 2.58 bits per heavy atom. The number of hydrogen-bond acceptors (Lipinski definition) is 4. The molecule has 4 nitrogen and oxygen atoms in total. The van der Waals surface area contributed by atoms with Gasteiger partial charge in [-0.25, -0.2) is 0 Å². The summed E-state index contributed by atoms with van der Waals surface area (Å²) in [5.74, 6) is -0.252. The molecule has 0 atom stereocenters. The van der Waals surface area contributed by atoms with Crippen molar-refractivity contribution in [3.8, 4) is 0 Å². The Labute approximate surface area is 186 Å². The van der Waals surface area contributed by atoms with Crippen LogP contribution in [0.25, 0.3) is 6.08 Å². The van der Waals surface area contributed by atoms with E-state index in [0.29, 0.717) is 18.5 Å². The fraction of sp³-hybridized carbons (Fsp3) is 0.231. The predicted molar refractivity (Wildman–Crippen MR) is 125 cm³/mol. The summed E-state index contributed by atoms with van der Waals surface area (Å²) in [5.41, 5.74) is 5.46. The van der Waals surface area contributed by atoms with Crippen molar-refractivity contribution in [3.63, 3.8) is 0 Å². The Kier molecular flexibility index (Phi) is 5.43. The number of imide groups is 1. The second kappa shape index (κ2) is 8.52.